The first-order chi connectivity index (χ1) is 8.25. The van der Waals surface area contributed by atoms with Crippen LogP contribution in [0.25, 0.3) is 0 Å². The van der Waals surface area contributed by atoms with Gasteiger partial charge in [0.25, 0.3) is 0 Å². The highest BCUT2D eigenvalue weighted by Gasteiger charge is 2.53. The number of hydrogen-bond acceptors (Lipinski definition) is 4. The van der Waals surface area contributed by atoms with Crippen molar-refractivity contribution in [3.05, 3.63) is 0 Å². The summed E-state index contributed by atoms with van der Waals surface area (Å²) in [6.45, 7) is 0.763. The number of rotatable bonds is 2. The highest BCUT2D eigenvalue weighted by atomic mass is 16.6. The average molecular weight is 240 g/mol. The molecule has 0 aromatic rings. The van der Waals surface area contributed by atoms with Gasteiger partial charge >= 0.3 is 6.09 Å². The lowest BCUT2D eigenvalue weighted by Gasteiger charge is -2.45. The lowest BCUT2D eigenvalue weighted by molar-refractivity contribution is -0.0201. The third-order valence-electron chi connectivity index (χ3n) is 4.31. The van der Waals surface area contributed by atoms with E-state index in [0.29, 0.717) is 5.92 Å². The Kier molecular flexibility index (Phi) is 2.96. The van der Waals surface area contributed by atoms with Gasteiger partial charge in [-0.25, -0.2) is 4.79 Å². The first-order valence-corrected chi connectivity index (χ1v) is 6.60. The van der Waals surface area contributed by atoms with Crippen molar-refractivity contribution in [2.45, 2.75) is 56.4 Å². The second-order valence-corrected chi connectivity index (χ2v) is 5.35. The average Bonchev–Trinajstić information content (AvgIpc) is 2.94. The molecule has 0 aromatic carbocycles. The summed E-state index contributed by atoms with van der Waals surface area (Å²) >= 11 is 0. The van der Waals surface area contributed by atoms with Crippen LogP contribution < -0.4 is 11.1 Å². The summed E-state index contributed by atoms with van der Waals surface area (Å²) in [5.74, 6) is 0.423. The number of alkyl carbamates (subject to hydrolysis) is 1. The van der Waals surface area contributed by atoms with Crippen LogP contribution in [0.5, 0.6) is 0 Å². The molecule has 5 heteroatoms. The zero-order valence-electron chi connectivity index (χ0n) is 9.93. The SMILES string of the molecule is NC1C2CCOC2C1NC(=O)OC1CCCC1. The monoisotopic (exact) mass is 240 g/mol. The molecule has 2 saturated carbocycles. The highest BCUT2D eigenvalue weighted by Crippen LogP contribution is 2.37. The number of nitrogens with one attached hydrogen (secondary N) is 1. The Balaban J connectivity index is 1.48. The Morgan fingerprint density at radius 2 is 2.06 bits per heavy atom. The third-order valence-corrected chi connectivity index (χ3v) is 4.31. The van der Waals surface area contributed by atoms with Crippen molar-refractivity contribution in [3.63, 3.8) is 0 Å². The van der Waals surface area contributed by atoms with Crippen LogP contribution in [0.3, 0.4) is 0 Å². The predicted molar refractivity (Wildman–Crippen MR) is 61.5 cm³/mol. The molecule has 1 amide bonds. The summed E-state index contributed by atoms with van der Waals surface area (Å²) in [7, 11) is 0. The van der Waals surface area contributed by atoms with Gasteiger partial charge in [0.05, 0.1) is 12.1 Å². The maximum absolute atomic E-state index is 11.7. The minimum absolute atomic E-state index is 0.0265. The van der Waals surface area contributed by atoms with Crippen LogP contribution >= 0.6 is 0 Å². The lowest BCUT2D eigenvalue weighted by atomic mass is 9.72. The fourth-order valence-electron chi connectivity index (χ4n) is 3.26. The summed E-state index contributed by atoms with van der Waals surface area (Å²) < 4.78 is 10.9. The molecule has 0 spiro atoms. The third kappa shape index (κ3) is 2.02. The largest absolute Gasteiger partial charge is 0.446 e. The fraction of sp³-hybridized carbons (Fsp3) is 0.917. The molecular formula is C12H20N2O3. The molecule has 1 saturated heterocycles. The Morgan fingerprint density at radius 1 is 1.29 bits per heavy atom. The van der Waals surface area contributed by atoms with E-state index < -0.39 is 0 Å². The number of carbonyl (C=O) groups excluding carboxylic acids is 1. The van der Waals surface area contributed by atoms with E-state index in [1.165, 1.54) is 0 Å². The molecule has 17 heavy (non-hydrogen) atoms. The molecule has 4 atom stereocenters. The van der Waals surface area contributed by atoms with E-state index in [0.717, 1.165) is 38.7 Å². The smallest absolute Gasteiger partial charge is 0.407 e. The van der Waals surface area contributed by atoms with Crippen molar-refractivity contribution >= 4 is 6.09 Å². The number of hydrogen-bond donors (Lipinski definition) is 2. The van der Waals surface area contributed by atoms with Gasteiger partial charge in [-0.1, -0.05) is 0 Å². The molecule has 2 aliphatic carbocycles. The molecule has 3 aliphatic rings. The van der Waals surface area contributed by atoms with Crippen LogP contribution in [-0.4, -0.2) is 37.0 Å². The van der Waals surface area contributed by atoms with Crippen molar-refractivity contribution in [2.24, 2.45) is 11.7 Å². The van der Waals surface area contributed by atoms with Gasteiger partial charge in [0.2, 0.25) is 0 Å². The maximum atomic E-state index is 11.7. The fourth-order valence-corrected chi connectivity index (χ4v) is 3.26. The van der Waals surface area contributed by atoms with E-state index in [-0.39, 0.29) is 30.4 Å². The Hall–Kier alpha value is -0.810. The second kappa shape index (κ2) is 4.46. The predicted octanol–water partition coefficient (Wildman–Crippen LogP) is 0.770. The molecular weight excluding hydrogens is 220 g/mol. The minimum atomic E-state index is -0.327. The Bertz CT molecular complexity index is 304. The summed E-state index contributed by atoms with van der Waals surface area (Å²) in [5, 5.41) is 2.85. The number of carbonyl (C=O) groups is 1. The summed E-state index contributed by atoms with van der Waals surface area (Å²) in [6, 6.07) is -0.0324. The van der Waals surface area contributed by atoms with Gasteiger partial charge in [0, 0.05) is 18.6 Å². The van der Waals surface area contributed by atoms with E-state index >= 15 is 0 Å². The molecule has 96 valence electrons. The zero-order valence-corrected chi connectivity index (χ0v) is 9.93. The molecule has 1 heterocycles. The molecule has 3 rings (SSSR count). The van der Waals surface area contributed by atoms with Gasteiger partial charge in [-0.15, -0.1) is 0 Å². The van der Waals surface area contributed by atoms with Crippen LogP contribution in [0, 0.1) is 5.92 Å². The van der Waals surface area contributed by atoms with Gasteiger partial charge in [-0.05, 0) is 32.1 Å². The molecule has 5 nitrogen and oxygen atoms in total. The lowest BCUT2D eigenvalue weighted by Crippen LogP contribution is -2.69. The van der Waals surface area contributed by atoms with Crippen molar-refractivity contribution < 1.29 is 14.3 Å². The van der Waals surface area contributed by atoms with Crippen molar-refractivity contribution in [3.8, 4) is 0 Å². The van der Waals surface area contributed by atoms with Crippen molar-refractivity contribution in [2.75, 3.05) is 6.61 Å². The summed E-state index contributed by atoms with van der Waals surface area (Å²) in [4.78, 5) is 11.7. The van der Waals surface area contributed by atoms with E-state index in [4.69, 9.17) is 15.2 Å². The van der Waals surface area contributed by atoms with Gasteiger partial charge in [0.1, 0.15) is 6.10 Å². The molecule has 3 N–H and O–H groups in total. The summed E-state index contributed by atoms with van der Waals surface area (Å²) in [6.07, 6.45) is 5.21. The quantitative estimate of drug-likeness (QED) is 0.747. The van der Waals surface area contributed by atoms with Gasteiger partial charge in [0.15, 0.2) is 0 Å². The zero-order chi connectivity index (χ0) is 11.8. The van der Waals surface area contributed by atoms with Gasteiger partial charge in [-0.2, -0.15) is 0 Å². The van der Waals surface area contributed by atoms with E-state index in [9.17, 15) is 4.79 Å². The maximum Gasteiger partial charge on any atom is 0.407 e. The van der Waals surface area contributed by atoms with E-state index in [1.54, 1.807) is 0 Å². The standard InChI is InChI=1S/C12H20N2O3/c13-9-8-5-6-16-11(8)10(9)14-12(15)17-7-3-1-2-4-7/h7-11H,1-6,13H2,(H,14,15). The molecule has 1 aliphatic heterocycles. The van der Waals surface area contributed by atoms with Crippen LogP contribution in [0.15, 0.2) is 0 Å². The first kappa shape index (κ1) is 11.3. The Morgan fingerprint density at radius 3 is 2.82 bits per heavy atom. The first-order valence-electron chi connectivity index (χ1n) is 6.60. The van der Waals surface area contributed by atoms with Crippen LogP contribution in [-0.2, 0) is 9.47 Å². The molecule has 0 aromatic heterocycles. The number of ether oxygens (including phenoxy) is 2. The van der Waals surface area contributed by atoms with Gasteiger partial charge < -0.3 is 20.5 Å². The molecule has 4 unspecified atom stereocenters. The number of amides is 1. The van der Waals surface area contributed by atoms with E-state index in [2.05, 4.69) is 5.32 Å². The van der Waals surface area contributed by atoms with Crippen molar-refractivity contribution in [1.29, 1.82) is 0 Å². The normalized spacial score (nSPS) is 40.8. The van der Waals surface area contributed by atoms with Crippen LogP contribution in [0.2, 0.25) is 0 Å². The highest BCUT2D eigenvalue weighted by molar-refractivity contribution is 5.68. The molecule has 3 fully saturated rings. The van der Waals surface area contributed by atoms with Crippen molar-refractivity contribution in [1.82, 2.24) is 5.32 Å². The summed E-state index contributed by atoms with van der Waals surface area (Å²) in [5.41, 5.74) is 6.01. The van der Waals surface area contributed by atoms with Gasteiger partial charge in [-0.3, -0.25) is 0 Å². The van der Waals surface area contributed by atoms with E-state index in [1.807, 2.05) is 0 Å². The van der Waals surface area contributed by atoms with Crippen LogP contribution in [0.4, 0.5) is 4.79 Å². The Labute approximate surface area is 101 Å². The minimum Gasteiger partial charge on any atom is -0.446 e. The topological polar surface area (TPSA) is 73.6 Å². The number of nitrogens with two attached hydrogens (primary N) is 1. The van der Waals surface area contributed by atoms with Crippen LogP contribution in [0.1, 0.15) is 32.1 Å². The second-order valence-electron chi connectivity index (χ2n) is 5.35. The molecule has 0 radical (unpaired) electrons. The molecule has 0 bridgehead atoms. The number of fused-ring (bicyclic) bond motifs is 1.